The highest BCUT2D eigenvalue weighted by molar-refractivity contribution is 6.33. The fraction of sp³-hybridized carbons (Fsp3) is 0.0500. The van der Waals surface area contributed by atoms with E-state index in [9.17, 15) is 9.59 Å². The normalized spacial score (nSPS) is 10.9. The van der Waals surface area contributed by atoms with Gasteiger partial charge in [0.15, 0.2) is 0 Å². The Morgan fingerprint density at radius 3 is 2.52 bits per heavy atom. The van der Waals surface area contributed by atoms with Gasteiger partial charge < -0.3 is 14.4 Å². The van der Waals surface area contributed by atoms with E-state index in [2.05, 4.69) is 9.73 Å². The summed E-state index contributed by atoms with van der Waals surface area (Å²) in [5.41, 5.74) is 2.69. The van der Waals surface area contributed by atoms with Crippen molar-refractivity contribution in [3.05, 3.63) is 82.6 Å². The fourth-order valence-corrected chi connectivity index (χ4v) is 2.75. The predicted octanol–water partition coefficient (Wildman–Crippen LogP) is 4.37. The van der Waals surface area contributed by atoms with Crippen LogP contribution in [-0.2, 0) is 4.74 Å². The third-order valence-corrected chi connectivity index (χ3v) is 4.19. The molecule has 2 aromatic carbocycles. The van der Waals surface area contributed by atoms with Crippen LogP contribution in [-0.4, -0.2) is 34.9 Å². The number of ether oxygens (including phenoxy) is 1. The number of aromatic nitrogens is 1. The number of hydrogen-bond acceptors (Lipinski definition) is 4. The summed E-state index contributed by atoms with van der Waals surface area (Å²) in [4.78, 5) is 26.9. The Balaban J connectivity index is 1.85. The number of carboxylic acid groups (broad SMARTS) is 1. The zero-order chi connectivity index (χ0) is 19.4. The molecule has 3 rings (SSSR count). The summed E-state index contributed by atoms with van der Waals surface area (Å²) in [6.45, 7) is 0. The van der Waals surface area contributed by atoms with Crippen molar-refractivity contribution < 1.29 is 19.4 Å². The molecule has 0 atom stereocenters. The third kappa shape index (κ3) is 4.07. The number of aliphatic imine (C=N–C) groups is 1. The molecule has 0 amide bonds. The Morgan fingerprint density at radius 2 is 1.89 bits per heavy atom. The molecule has 0 aliphatic rings. The lowest BCUT2D eigenvalue weighted by Crippen LogP contribution is -2.01. The molecule has 0 radical (unpaired) electrons. The molecule has 0 aliphatic heterocycles. The van der Waals surface area contributed by atoms with Crippen molar-refractivity contribution >= 4 is 35.4 Å². The molecule has 6 nitrogen and oxygen atoms in total. The number of esters is 1. The van der Waals surface area contributed by atoms with Crippen LogP contribution in [0.5, 0.6) is 0 Å². The van der Waals surface area contributed by atoms with Crippen LogP contribution in [0.3, 0.4) is 0 Å². The highest BCUT2D eigenvalue weighted by Crippen LogP contribution is 2.24. The zero-order valence-corrected chi connectivity index (χ0v) is 15.1. The van der Waals surface area contributed by atoms with E-state index in [1.807, 2.05) is 22.9 Å². The van der Waals surface area contributed by atoms with Gasteiger partial charge in [-0.3, -0.25) is 4.99 Å². The van der Waals surface area contributed by atoms with E-state index in [1.54, 1.807) is 48.7 Å². The minimum absolute atomic E-state index is 0.224. The standard InChI is InChI=1S/C20H15ClN2O4/c1-27-20(26)17-9-6-14(11-18(17)21)22-12-16-3-2-10-23(16)15-7-4-13(5-8-15)19(24)25/h2-12H,1H3,(H,24,25). The molecule has 0 saturated heterocycles. The number of aromatic carboxylic acids is 1. The number of benzene rings is 2. The quantitative estimate of drug-likeness (QED) is 0.525. The van der Waals surface area contributed by atoms with Gasteiger partial charge in [-0.05, 0) is 54.6 Å². The van der Waals surface area contributed by atoms with Gasteiger partial charge in [-0.1, -0.05) is 11.6 Å². The van der Waals surface area contributed by atoms with Gasteiger partial charge in [-0.2, -0.15) is 0 Å². The van der Waals surface area contributed by atoms with Gasteiger partial charge in [0.05, 0.1) is 40.9 Å². The molecule has 0 spiro atoms. The molecule has 0 unspecified atom stereocenters. The van der Waals surface area contributed by atoms with Crippen LogP contribution in [0, 0.1) is 0 Å². The molecule has 7 heteroatoms. The summed E-state index contributed by atoms with van der Waals surface area (Å²) in [5, 5.41) is 9.26. The summed E-state index contributed by atoms with van der Waals surface area (Å²) >= 11 is 6.10. The van der Waals surface area contributed by atoms with Crippen molar-refractivity contribution in [2.75, 3.05) is 7.11 Å². The average molecular weight is 383 g/mol. The molecule has 136 valence electrons. The number of halogens is 1. The average Bonchev–Trinajstić information content (AvgIpc) is 3.14. The first-order valence-electron chi connectivity index (χ1n) is 7.92. The number of carboxylic acids is 1. The van der Waals surface area contributed by atoms with Crippen molar-refractivity contribution in [2.24, 2.45) is 4.99 Å². The van der Waals surface area contributed by atoms with Crippen molar-refractivity contribution in [1.29, 1.82) is 0 Å². The Morgan fingerprint density at radius 1 is 1.15 bits per heavy atom. The van der Waals surface area contributed by atoms with Gasteiger partial charge >= 0.3 is 11.9 Å². The van der Waals surface area contributed by atoms with E-state index in [-0.39, 0.29) is 16.1 Å². The monoisotopic (exact) mass is 382 g/mol. The smallest absolute Gasteiger partial charge is 0.339 e. The molecular formula is C20H15ClN2O4. The van der Waals surface area contributed by atoms with Gasteiger partial charge in [0.1, 0.15) is 0 Å². The molecule has 1 heterocycles. The molecule has 0 bridgehead atoms. The molecule has 0 aliphatic carbocycles. The van der Waals surface area contributed by atoms with E-state index < -0.39 is 11.9 Å². The van der Waals surface area contributed by atoms with Crippen LogP contribution in [0.2, 0.25) is 5.02 Å². The maximum absolute atomic E-state index is 11.6. The van der Waals surface area contributed by atoms with Gasteiger partial charge in [0.25, 0.3) is 0 Å². The first-order chi connectivity index (χ1) is 13.0. The van der Waals surface area contributed by atoms with Crippen molar-refractivity contribution in [3.8, 4) is 5.69 Å². The van der Waals surface area contributed by atoms with Crippen LogP contribution in [0.1, 0.15) is 26.4 Å². The maximum Gasteiger partial charge on any atom is 0.339 e. The van der Waals surface area contributed by atoms with Gasteiger partial charge in [0.2, 0.25) is 0 Å². The predicted molar refractivity (Wildman–Crippen MR) is 103 cm³/mol. The number of carbonyl (C=O) groups is 2. The summed E-state index contributed by atoms with van der Waals surface area (Å²) in [5.74, 6) is -1.47. The molecule has 27 heavy (non-hydrogen) atoms. The number of hydrogen-bond donors (Lipinski definition) is 1. The highest BCUT2D eigenvalue weighted by Gasteiger charge is 2.10. The molecule has 1 N–H and O–H groups in total. The number of rotatable bonds is 5. The lowest BCUT2D eigenvalue weighted by Gasteiger charge is -2.07. The summed E-state index contributed by atoms with van der Waals surface area (Å²) in [6.07, 6.45) is 3.51. The van der Waals surface area contributed by atoms with E-state index in [1.165, 1.54) is 7.11 Å². The third-order valence-electron chi connectivity index (χ3n) is 3.88. The Bertz CT molecular complexity index is 1020. The Kier molecular flexibility index (Phi) is 5.38. The van der Waals surface area contributed by atoms with Crippen LogP contribution in [0.25, 0.3) is 5.69 Å². The molecule has 1 aromatic heterocycles. The topological polar surface area (TPSA) is 80.9 Å². The van der Waals surface area contributed by atoms with Crippen LogP contribution < -0.4 is 0 Å². The van der Waals surface area contributed by atoms with Crippen LogP contribution in [0.15, 0.2) is 65.8 Å². The molecular weight excluding hydrogens is 368 g/mol. The first kappa shape index (κ1) is 18.4. The van der Waals surface area contributed by atoms with E-state index in [0.29, 0.717) is 5.69 Å². The number of carbonyl (C=O) groups excluding carboxylic acids is 1. The number of nitrogens with zero attached hydrogens (tertiary/aromatic N) is 2. The zero-order valence-electron chi connectivity index (χ0n) is 14.3. The van der Waals surface area contributed by atoms with Crippen LogP contribution in [0.4, 0.5) is 5.69 Å². The second kappa shape index (κ2) is 7.88. The van der Waals surface area contributed by atoms with Crippen molar-refractivity contribution in [1.82, 2.24) is 4.57 Å². The maximum atomic E-state index is 11.6. The molecule has 0 fully saturated rings. The second-order valence-electron chi connectivity index (χ2n) is 5.57. The van der Waals surface area contributed by atoms with E-state index in [4.69, 9.17) is 16.7 Å². The first-order valence-corrected chi connectivity index (χ1v) is 8.30. The van der Waals surface area contributed by atoms with Crippen molar-refractivity contribution in [3.63, 3.8) is 0 Å². The lowest BCUT2D eigenvalue weighted by atomic mass is 10.2. The van der Waals surface area contributed by atoms with Gasteiger partial charge in [0, 0.05) is 11.9 Å². The SMILES string of the molecule is COC(=O)c1ccc(N=Cc2cccn2-c2ccc(C(=O)O)cc2)cc1Cl. The summed E-state index contributed by atoms with van der Waals surface area (Å²) in [6, 6.07) is 15.1. The summed E-state index contributed by atoms with van der Waals surface area (Å²) < 4.78 is 6.54. The fourth-order valence-electron chi connectivity index (χ4n) is 2.50. The minimum Gasteiger partial charge on any atom is -0.478 e. The molecule has 3 aromatic rings. The van der Waals surface area contributed by atoms with Crippen LogP contribution >= 0.6 is 11.6 Å². The van der Waals surface area contributed by atoms with Gasteiger partial charge in [-0.25, -0.2) is 9.59 Å². The summed E-state index contributed by atoms with van der Waals surface area (Å²) in [7, 11) is 1.29. The highest BCUT2D eigenvalue weighted by atomic mass is 35.5. The van der Waals surface area contributed by atoms with Crippen molar-refractivity contribution in [2.45, 2.75) is 0 Å². The molecule has 0 saturated carbocycles. The van der Waals surface area contributed by atoms with Gasteiger partial charge in [-0.15, -0.1) is 0 Å². The Labute approximate surface area is 160 Å². The Hall–Kier alpha value is -3.38. The number of methoxy groups -OCH3 is 1. The lowest BCUT2D eigenvalue weighted by molar-refractivity contribution is 0.0600. The minimum atomic E-state index is -0.969. The largest absolute Gasteiger partial charge is 0.478 e. The van der Waals surface area contributed by atoms with E-state index >= 15 is 0 Å². The second-order valence-corrected chi connectivity index (χ2v) is 5.98. The van der Waals surface area contributed by atoms with E-state index in [0.717, 1.165) is 11.4 Å².